The van der Waals surface area contributed by atoms with E-state index in [-0.39, 0.29) is 11.3 Å². The Kier molecular flexibility index (Phi) is 10.6. The Morgan fingerprint density at radius 1 is 0.868 bits per heavy atom. The van der Waals surface area contributed by atoms with Gasteiger partial charge in [0.25, 0.3) is 5.91 Å². The third-order valence-electron chi connectivity index (χ3n) is 5.04. The minimum absolute atomic E-state index is 0.0894. The van der Waals surface area contributed by atoms with Gasteiger partial charge in [-0.25, -0.2) is 0 Å². The summed E-state index contributed by atoms with van der Waals surface area (Å²) >= 11 is 0. The molecule has 0 radical (unpaired) electrons. The van der Waals surface area contributed by atoms with Crippen LogP contribution in [0.2, 0.25) is 0 Å². The Morgan fingerprint density at radius 3 is 1.97 bits per heavy atom. The number of amides is 1. The molecule has 208 valence electrons. The van der Waals surface area contributed by atoms with Crippen molar-refractivity contribution in [2.75, 3.05) is 6.61 Å². The van der Waals surface area contributed by atoms with Crippen molar-refractivity contribution in [2.24, 2.45) is 0 Å². The van der Waals surface area contributed by atoms with Gasteiger partial charge in [-0.2, -0.15) is 0 Å². The predicted molar refractivity (Wildman–Crippen MR) is 124 cm³/mol. The van der Waals surface area contributed by atoms with E-state index in [0.717, 1.165) is 27.7 Å². The second-order valence-corrected chi connectivity index (χ2v) is 8.22. The van der Waals surface area contributed by atoms with Crippen LogP contribution in [0.25, 0.3) is 0 Å². The molecule has 1 fully saturated rings. The molecule has 1 aromatic carbocycles. The molecule has 2 N–H and O–H groups in total. The molecule has 1 saturated heterocycles. The summed E-state index contributed by atoms with van der Waals surface area (Å²) in [4.78, 5) is 71.1. The summed E-state index contributed by atoms with van der Waals surface area (Å²) in [7, 11) is 0. The summed E-state index contributed by atoms with van der Waals surface area (Å²) in [6.07, 6.45) is -7.18. The van der Waals surface area contributed by atoms with Crippen molar-refractivity contribution in [3.05, 3.63) is 29.8 Å². The van der Waals surface area contributed by atoms with E-state index in [1.807, 2.05) is 0 Å². The Hall–Kier alpha value is -4.20. The van der Waals surface area contributed by atoms with E-state index in [9.17, 15) is 28.8 Å². The highest BCUT2D eigenvalue weighted by Crippen LogP contribution is 2.32. The average Bonchev–Trinajstić information content (AvgIpc) is 2.80. The monoisotopic (exact) mass is 539 g/mol. The van der Waals surface area contributed by atoms with Gasteiger partial charge in [0, 0.05) is 27.7 Å². The molecule has 0 unspecified atom stereocenters. The zero-order chi connectivity index (χ0) is 28.6. The fourth-order valence-corrected chi connectivity index (χ4v) is 3.50. The second-order valence-electron chi connectivity index (χ2n) is 8.22. The molecule has 0 spiro atoms. The fourth-order valence-electron chi connectivity index (χ4n) is 3.50. The quantitative estimate of drug-likeness (QED) is 0.306. The number of carboxylic acid groups (broad SMARTS) is 1. The Balaban J connectivity index is 2.51. The van der Waals surface area contributed by atoms with Crippen molar-refractivity contribution in [1.82, 2.24) is 5.32 Å². The zero-order valence-corrected chi connectivity index (χ0v) is 21.3. The third-order valence-corrected chi connectivity index (χ3v) is 5.04. The maximum Gasteiger partial charge on any atom is 0.325 e. The van der Waals surface area contributed by atoms with E-state index in [2.05, 4.69) is 5.32 Å². The van der Waals surface area contributed by atoms with Crippen molar-refractivity contribution in [1.29, 1.82) is 0 Å². The highest BCUT2D eigenvalue weighted by molar-refractivity contribution is 5.98. The van der Waals surface area contributed by atoms with Gasteiger partial charge in [-0.1, -0.05) is 12.1 Å². The first-order chi connectivity index (χ1) is 17.8. The molecule has 0 saturated carbocycles. The molecule has 14 heteroatoms. The van der Waals surface area contributed by atoms with Gasteiger partial charge in [-0.3, -0.25) is 28.8 Å². The minimum atomic E-state index is -1.57. The number of aliphatic carboxylic acids is 1. The molecule has 1 aliphatic heterocycles. The standard InChI is InChI=1S/C24H29NO13/c1-11(23(31)32)25-22(30)16-8-6-7-9-17(16)37-24-21(36-15(5)29)20(35-14(4)28)19(34-13(3)27)18(38-24)10-33-12(2)26/h6-9,11,18-21,24H,10H2,1-5H3,(H,25,30)(H,31,32)/t11-,18-,19-,20+,21-,24+/m0/s1. The number of hydrogen-bond acceptors (Lipinski definition) is 12. The zero-order valence-electron chi connectivity index (χ0n) is 21.3. The van der Waals surface area contributed by atoms with E-state index in [1.54, 1.807) is 0 Å². The van der Waals surface area contributed by atoms with E-state index in [1.165, 1.54) is 31.2 Å². The lowest BCUT2D eigenvalue weighted by molar-refractivity contribution is -0.288. The maximum atomic E-state index is 12.7. The third kappa shape index (κ3) is 8.44. The lowest BCUT2D eigenvalue weighted by Crippen LogP contribution is -2.63. The molecule has 1 aliphatic rings. The Morgan fingerprint density at radius 2 is 1.42 bits per heavy atom. The first-order valence-electron chi connectivity index (χ1n) is 11.4. The summed E-state index contributed by atoms with van der Waals surface area (Å²) < 4.78 is 32.7. The number of benzene rings is 1. The van der Waals surface area contributed by atoms with E-state index < -0.39 is 79.1 Å². The van der Waals surface area contributed by atoms with Crippen LogP contribution in [-0.2, 0) is 47.7 Å². The number of ether oxygens (including phenoxy) is 6. The second kappa shape index (κ2) is 13.4. The number of carbonyl (C=O) groups is 6. The lowest BCUT2D eigenvalue weighted by Gasteiger charge is -2.44. The summed E-state index contributed by atoms with van der Waals surface area (Å²) in [6.45, 7) is 5.17. The van der Waals surface area contributed by atoms with Gasteiger partial charge < -0.3 is 38.8 Å². The molecule has 0 aliphatic carbocycles. The number of hydrogen-bond donors (Lipinski definition) is 2. The largest absolute Gasteiger partial charge is 0.480 e. The minimum Gasteiger partial charge on any atom is -0.480 e. The predicted octanol–water partition coefficient (Wildman–Crippen LogP) is 0.351. The van der Waals surface area contributed by atoms with Crippen molar-refractivity contribution in [3.8, 4) is 5.75 Å². The van der Waals surface area contributed by atoms with Crippen LogP contribution in [0.4, 0.5) is 0 Å². The Labute approximate surface area is 217 Å². The lowest BCUT2D eigenvalue weighted by atomic mass is 9.98. The number of para-hydroxylation sites is 1. The van der Waals surface area contributed by atoms with Gasteiger partial charge in [0.1, 0.15) is 24.5 Å². The maximum absolute atomic E-state index is 12.7. The molecule has 38 heavy (non-hydrogen) atoms. The van der Waals surface area contributed by atoms with Gasteiger partial charge in [-0.05, 0) is 19.1 Å². The molecule has 6 atom stereocenters. The molecule has 1 heterocycles. The number of rotatable bonds is 10. The van der Waals surface area contributed by atoms with Crippen LogP contribution in [0.3, 0.4) is 0 Å². The highest BCUT2D eigenvalue weighted by atomic mass is 16.7. The van der Waals surface area contributed by atoms with E-state index in [0.29, 0.717) is 0 Å². The highest BCUT2D eigenvalue weighted by Gasteiger charge is 2.53. The van der Waals surface area contributed by atoms with Crippen molar-refractivity contribution >= 4 is 35.8 Å². The normalized spacial score (nSPS) is 23.2. The molecule has 14 nitrogen and oxygen atoms in total. The van der Waals surface area contributed by atoms with Crippen LogP contribution in [0, 0.1) is 0 Å². The molecule has 0 aromatic heterocycles. The summed E-state index contributed by atoms with van der Waals surface area (Å²) in [5, 5.41) is 11.4. The van der Waals surface area contributed by atoms with Gasteiger partial charge in [0.15, 0.2) is 12.2 Å². The Bertz CT molecular complexity index is 1070. The van der Waals surface area contributed by atoms with Gasteiger partial charge >= 0.3 is 29.8 Å². The average molecular weight is 539 g/mol. The number of esters is 4. The number of nitrogens with one attached hydrogen (secondary N) is 1. The molecule has 1 aromatic rings. The number of carboxylic acids is 1. The molecule has 0 bridgehead atoms. The van der Waals surface area contributed by atoms with Crippen molar-refractivity contribution in [2.45, 2.75) is 71.4 Å². The van der Waals surface area contributed by atoms with Crippen molar-refractivity contribution < 1.29 is 62.3 Å². The van der Waals surface area contributed by atoms with Crippen LogP contribution in [0.1, 0.15) is 45.0 Å². The summed E-state index contributed by atoms with van der Waals surface area (Å²) in [5.74, 6) is -5.29. The van der Waals surface area contributed by atoms with Crippen LogP contribution in [-0.4, -0.2) is 84.2 Å². The van der Waals surface area contributed by atoms with Gasteiger partial charge in [-0.15, -0.1) is 0 Å². The molecule has 1 amide bonds. The topological polar surface area (TPSA) is 190 Å². The smallest absolute Gasteiger partial charge is 0.325 e. The van der Waals surface area contributed by atoms with E-state index in [4.69, 9.17) is 33.5 Å². The summed E-state index contributed by atoms with van der Waals surface area (Å²) in [5.41, 5.74) is -0.0894. The summed E-state index contributed by atoms with van der Waals surface area (Å²) in [6, 6.07) is 4.51. The van der Waals surface area contributed by atoms with Gasteiger partial charge in [0.2, 0.25) is 12.4 Å². The SMILES string of the molecule is CC(=O)OC[C@@H]1O[C@@H](Oc2ccccc2C(=O)N[C@@H](C)C(=O)O)[C@@H](OC(C)=O)[C@H](OC(C)=O)[C@H]1OC(C)=O. The van der Waals surface area contributed by atoms with Crippen LogP contribution >= 0.6 is 0 Å². The van der Waals surface area contributed by atoms with E-state index >= 15 is 0 Å². The van der Waals surface area contributed by atoms with Crippen LogP contribution in [0.15, 0.2) is 24.3 Å². The first-order valence-corrected chi connectivity index (χ1v) is 11.4. The van der Waals surface area contributed by atoms with Crippen LogP contribution in [0.5, 0.6) is 5.75 Å². The molecular formula is C24H29NO13. The first kappa shape index (κ1) is 30.0. The fraction of sp³-hybridized carbons (Fsp3) is 0.500. The molecule has 2 rings (SSSR count). The number of carbonyl (C=O) groups excluding carboxylic acids is 5. The van der Waals surface area contributed by atoms with Crippen molar-refractivity contribution in [3.63, 3.8) is 0 Å². The molecular weight excluding hydrogens is 510 g/mol. The van der Waals surface area contributed by atoms with Crippen LogP contribution < -0.4 is 10.1 Å². The van der Waals surface area contributed by atoms with Gasteiger partial charge in [0.05, 0.1) is 5.56 Å².